The number of nitrogens with zero attached hydrogens (tertiary/aromatic N) is 1. The molecule has 1 fully saturated rings. The van der Waals surface area contributed by atoms with E-state index < -0.39 is 22.2 Å². The molecule has 0 spiro atoms. The van der Waals surface area contributed by atoms with E-state index in [2.05, 4.69) is 9.71 Å². The van der Waals surface area contributed by atoms with Gasteiger partial charge in [-0.3, -0.25) is 4.98 Å². The predicted molar refractivity (Wildman–Crippen MR) is 84.9 cm³/mol. The largest absolute Gasteiger partial charge is 0.391 e. The lowest BCUT2D eigenvalue weighted by Gasteiger charge is -2.22. The number of pyridine rings is 1. The number of fused-ring (bicyclic) bond motifs is 1. The standard InChI is InChI=1S/C16H20N2O3S/c19-15-7-3-1-2-6-14(15)18-22(20,21)16-8-4-5-12-11-17-10-9-13(12)16/h4-5,8-11,14-15,18-19H,1-3,6-7H2/t14-,15-/m1/s1. The zero-order chi connectivity index (χ0) is 15.6. The Labute approximate surface area is 130 Å². The number of hydrogen-bond donors (Lipinski definition) is 2. The Morgan fingerprint density at radius 2 is 1.95 bits per heavy atom. The lowest BCUT2D eigenvalue weighted by Crippen LogP contribution is -2.42. The number of sulfonamides is 1. The van der Waals surface area contributed by atoms with Gasteiger partial charge in [-0.1, -0.05) is 31.4 Å². The van der Waals surface area contributed by atoms with Crippen molar-refractivity contribution in [1.82, 2.24) is 9.71 Å². The molecule has 2 N–H and O–H groups in total. The number of nitrogens with one attached hydrogen (secondary N) is 1. The number of hydrogen-bond acceptors (Lipinski definition) is 4. The first-order chi connectivity index (χ1) is 10.6. The third-order valence-electron chi connectivity index (χ3n) is 4.22. The number of aliphatic hydroxyl groups excluding tert-OH is 1. The quantitative estimate of drug-likeness (QED) is 0.850. The van der Waals surface area contributed by atoms with Crippen molar-refractivity contribution < 1.29 is 13.5 Å². The van der Waals surface area contributed by atoms with Crippen molar-refractivity contribution in [3.8, 4) is 0 Å². The van der Waals surface area contributed by atoms with Gasteiger partial charge >= 0.3 is 0 Å². The number of rotatable bonds is 3. The fourth-order valence-corrected chi connectivity index (χ4v) is 4.55. The summed E-state index contributed by atoms with van der Waals surface area (Å²) < 4.78 is 28.2. The Balaban J connectivity index is 1.94. The Morgan fingerprint density at radius 3 is 2.82 bits per heavy atom. The van der Waals surface area contributed by atoms with Gasteiger partial charge in [-0.05, 0) is 25.0 Å². The first-order valence-electron chi connectivity index (χ1n) is 7.61. The molecule has 0 aliphatic heterocycles. The molecule has 6 heteroatoms. The molecule has 1 aromatic carbocycles. The summed E-state index contributed by atoms with van der Waals surface area (Å²) in [5.74, 6) is 0. The summed E-state index contributed by atoms with van der Waals surface area (Å²) >= 11 is 0. The number of aliphatic hydroxyl groups is 1. The predicted octanol–water partition coefficient (Wildman–Crippen LogP) is 2.21. The zero-order valence-corrected chi connectivity index (χ0v) is 13.1. The SMILES string of the molecule is O=S(=O)(N[C@@H]1CCCCC[C@H]1O)c1cccc2cnccc12. The summed E-state index contributed by atoms with van der Waals surface area (Å²) in [6.45, 7) is 0. The first-order valence-corrected chi connectivity index (χ1v) is 9.09. The molecule has 1 heterocycles. The van der Waals surface area contributed by atoms with Crippen LogP contribution < -0.4 is 4.72 Å². The summed E-state index contributed by atoms with van der Waals surface area (Å²) in [6.07, 6.45) is 6.85. The van der Waals surface area contributed by atoms with E-state index >= 15 is 0 Å². The van der Waals surface area contributed by atoms with Crippen LogP contribution >= 0.6 is 0 Å². The third kappa shape index (κ3) is 3.14. The highest BCUT2D eigenvalue weighted by Crippen LogP contribution is 2.24. The monoisotopic (exact) mass is 320 g/mol. The molecule has 3 rings (SSSR count). The summed E-state index contributed by atoms with van der Waals surface area (Å²) in [6, 6.07) is 6.43. The highest BCUT2D eigenvalue weighted by Gasteiger charge is 2.27. The highest BCUT2D eigenvalue weighted by atomic mass is 32.2. The van der Waals surface area contributed by atoms with Crippen LogP contribution in [-0.2, 0) is 10.0 Å². The summed E-state index contributed by atoms with van der Waals surface area (Å²) in [5.41, 5.74) is 0. The van der Waals surface area contributed by atoms with Crippen molar-refractivity contribution in [1.29, 1.82) is 0 Å². The molecule has 0 radical (unpaired) electrons. The van der Waals surface area contributed by atoms with Gasteiger partial charge in [0.1, 0.15) is 0 Å². The van der Waals surface area contributed by atoms with Crippen LogP contribution in [0.1, 0.15) is 32.1 Å². The van der Waals surface area contributed by atoms with Gasteiger partial charge in [-0.25, -0.2) is 13.1 Å². The number of benzene rings is 1. The first kappa shape index (κ1) is 15.4. The zero-order valence-electron chi connectivity index (χ0n) is 12.3. The topological polar surface area (TPSA) is 79.3 Å². The third-order valence-corrected chi connectivity index (χ3v) is 5.76. The molecule has 1 saturated carbocycles. The van der Waals surface area contributed by atoms with Gasteiger partial charge in [0.15, 0.2) is 0 Å². The summed E-state index contributed by atoms with van der Waals surface area (Å²) in [4.78, 5) is 4.26. The summed E-state index contributed by atoms with van der Waals surface area (Å²) in [5, 5.41) is 11.6. The molecule has 1 aliphatic carbocycles. The normalized spacial score (nSPS) is 23.3. The van der Waals surface area contributed by atoms with E-state index in [1.165, 1.54) is 0 Å². The fourth-order valence-electron chi connectivity index (χ4n) is 3.02. The molecule has 0 amide bonds. The Morgan fingerprint density at radius 1 is 1.14 bits per heavy atom. The molecule has 22 heavy (non-hydrogen) atoms. The van der Waals surface area contributed by atoms with Gasteiger partial charge in [0.2, 0.25) is 10.0 Å². The van der Waals surface area contributed by atoms with Crippen molar-refractivity contribution in [2.45, 2.75) is 49.1 Å². The Kier molecular flexibility index (Phi) is 4.42. The molecule has 0 saturated heterocycles. The van der Waals surface area contributed by atoms with Gasteiger partial charge in [-0.2, -0.15) is 0 Å². The van der Waals surface area contributed by atoms with Crippen LogP contribution in [0.2, 0.25) is 0 Å². The average molecular weight is 320 g/mol. The van der Waals surface area contributed by atoms with Gasteiger partial charge in [0, 0.05) is 29.2 Å². The minimum atomic E-state index is -3.67. The van der Waals surface area contributed by atoms with Crippen LogP contribution in [0.3, 0.4) is 0 Å². The second-order valence-corrected chi connectivity index (χ2v) is 7.47. The molecule has 0 bridgehead atoms. The second-order valence-electron chi connectivity index (χ2n) is 5.79. The molecule has 0 unspecified atom stereocenters. The molecule has 5 nitrogen and oxygen atoms in total. The van der Waals surface area contributed by atoms with E-state index in [4.69, 9.17) is 0 Å². The van der Waals surface area contributed by atoms with Gasteiger partial charge in [-0.15, -0.1) is 0 Å². The average Bonchev–Trinajstić information content (AvgIpc) is 2.71. The van der Waals surface area contributed by atoms with E-state index in [1.54, 1.807) is 30.6 Å². The van der Waals surface area contributed by atoms with Crippen LogP contribution in [0.25, 0.3) is 10.8 Å². The number of aromatic nitrogens is 1. The van der Waals surface area contributed by atoms with Crippen molar-refractivity contribution in [3.63, 3.8) is 0 Å². The van der Waals surface area contributed by atoms with Crippen LogP contribution in [0.5, 0.6) is 0 Å². The maximum absolute atomic E-state index is 12.7. The molecule has 2 aromatic rings. The maximum Gasteiger partial charge on any atom is 0.241 e. The lowest BCUT2D eigenvalue weighted by atomic mass is 10.1. The minimum Gasteiger partial charge on any atom is -0.391 e. The van der Waals surface area contributed by atoms with Gasteiger partial charge < -0.3 is 5.11 Å². The molecular weight excluding hydrogens is 300 g/mol. The Bertz CT molecular complexity index is 756. The van der Waals surface area contributed by atoms with Crippen LogP contribution in [0, 0.1) is 0 Å². The van der Waals surface area contributed by atoms with E-state index in [9.17, 15) is 13.5 Å². The van der Waals surface area contributed by atoms with Crippen molar-refractivity contribution in [2.24, 2.45) is 0 Å². The Hall–Kier alpha value is -1.50. The van der Waals surface area contributed by atoms with Crippen LogP contribution in [-0.4, -0.2) is 30.7 Å². The van der Waals surface area contributed by atoms with E-state index in [-0.39, 0.29) is 4.90 Å². The minimum absolute atomic E-state index is 0.240. The van der Waals surface area contributed by atoms with Gasteiger partial charge in [0.25, 0.3) is 0 Å². The van der Waals surface area contributed by atoms with E-state index in [0.29, 0.717) is 18.2 Å². The summed E-state index contributed by atoms with van der Waals surface area (Å²) in [7, 11) is -3.67. The van der Waals surface area contributed by atoms with Gasteiger partial charge in [0.05, 0.1) is 11.0 Å². The maximum atomic E-state index is 12.7. The molecule has 2 atom stereocenters. The van der Waals surface area contributed by atoms with E-state index in [1.807, 2.05) is 6.07 Å². The smallest absolute Gasteiger partial charge is 0.241 e. The fraction of sp³-hybridized carbons (Fsp3) is 0.438. The molecular formula is C16H20N2O3S. The van der Waals surface area contributed by atoms with Crippen molar-refractivity contribution in [3.05, 3.63) is 36.7 Å². The van der Waals surface area contributed by atoms with E-state index in [0.717, 1.165) is 24.6 Å². The molecule has 1 aromatic heterocycles. The highest BCUT2D eigenvalue weighted by molar-refractivity contribution is 7.89. The lowest BCUT2D eigenvalue weighted by molar-refractivity contribution is 0.130. The molecule has 1 aliphatic rings. The van der Waals surface area contributed by atoms with Crippen molar-refractivity contribution >= 4 is 20.8 Å². The van der Waals surface area contributed by atoms with Crippen LogP contribution in [0.15, 0.2) is 41.6 Å². The van der Waals surface area contributed by atoms with Crippen LogP contribution in [0.4, 0.5) is 0 Å². The molecule has 118 valence electrons. The van der Waals surface area contributed by atoms with Crippen molar-refractivity contribution in [2.75, 3.05) is 0 Å². The second kappa shape index (κ2) is 6.32.